The van der Waals surface area contributed by atoms with Crippen molar-refractivity contribution in [3.05, 3.63) is 12.2 Å². The van der Waals surface area contributed by atoms with Crippen LogP contribution in [0.4, 0.5) is 17.6 Å². The maximum Gasteiger partial charge on any atom is 0.395 e. The minimum absolute atomic E-state index is 0.215. The minimum Gasteiger partial charge on any atom is -0.361 e. The maximum absolute atomic E-state index is 12.5. The monoisotopic (exact) mass is 242 g/mol. The minimum atomic E-state index is -4.00. The highest BCUT2D eigenvalue weighted by Crippen LogP contribution is 2.48. The number of alkyl halides is 4. The van der Waals surface area contributed by atoms with Crippen molar-refractivity contribution >= 4 is 5.78 Å². The third-order valence-electron chi connectivity index (χ3n) is 1.97. The van der Waals surface area contributed by atoms with Crippen LogP contribution < -0.4 is 0 Å². The number of rotatable bonds is 5. The van der Waals surface area contributed by atoms with E-state index < -0.39 is 30.7 Å². The average molecular weight is 242 g/mol. The van der Waals surface area contributed by atoms with Crippen molar-refractivity contribution in [2.24, 2.45) is 0 Å². The molecule has 1 fully saturated rings. The van der Waals surface area contributed by atoms with Crippen molar-refractivity contribution in [1.29, 1.82) is 0 Å². The molecule has 16 heavy (non-hydrogen) atoms. The molecule has 0 atom stereocenters. The van der Waals surface area contributed by atoms with E-state index in [4.69, 9.17) is 0 Å². The van der Waals surface area contributed by atoms with Crippen LogP contribution in [0, 0.1) is 0 Å². The lowest BCUT2D eigenvalue weighted by atomic mass is 10.1. The number of carbonyl (C=O) groups excluding carboxylic acids is 1. The molecule has 1 heterocycles. The molecule has 7 heteroatoms. The van der Waals surface area contributed by atoms with Gasteiger partial charge in [0.1, 0.15) is 0 Å². The Kier molecular flexibility index (Phi) is 3.39. The number of hydrogen-bond acceptors (Lipinski definition) is 3. The van der Waals surface area contributed by atoms with E-state index in [2.05, 4.69) is 16.1 Å². The van der Waals surface area contributed by atoms with E-state index in [1.165, 1.54) is 6.92 Å². The van der Waals surface area contributed by atoms with E-state index in [1.54, 1.807) is 0 Å². The molecule has 0 aromatic rings. The Hall–Kier alpha value is -0.950. The molecule has 3 nitrogen and oxygen atoms in total. The van der Waals surface area contributed by atoms with Gasteiger partial charge in [0.15, 0.2) is 5.78 Å². The molecule has 1 rings (SSSR count). The van der Waals surface area contributed by atoms with Gasteiger partial charge in [0.2, 0.25) is 6.10 Å². The predicted molar refractivity (Wildman–Crippen MR) is 45.2 cm³/mol. The summed E-state index contributed by atoms with van der Waals surface area (Å²) in [5, 5.41) is 0. The van der Waals surface area contributed by atoms with Crippen molar-refractivity contribution < 1.29 is 31.8 Å². The summed E-state index contributed by atoms with van der Waals surface area (Å²) in [7, 11) is 0. The first-order valence-electron chi connectivity index (χ1n) is 4.43. The van der Waals surface area contributed by atoms with Crippen LogP contribution in [0.3, 0.4) is 0 Å². The quantitative estimate of drug-likeness (QED) is 0.547. The smallest absolute Gasteiger partial charge is 0.361 e. The van der Waals surface area contributed by atoms with Gasteiger partial charge in [-0.1, -0.05) is 6.58 Å². The van der Waals surface area contributed by atoms with Crippen LogP contribution in [-0.4, -0.2) is 30.7 Å². The second-order valence-electron chi connectivity index (χ2n) is 3.43. The van der Waals surface area contributed by atoms with Gasteiger partial charge in [0, 0.05) is 6.42 Å². The van der Waals surface area contributed by atoms with Crippen LogP contribution in [0.15, 0.2) is 12.2 Å². The molecule has 1 saturated heterocycles. The van der Waals surface area contributed by atoms with Crippen LogP contribution in [0.1, 0.15) is 13.3 Å². The first kappa shape index (κ1) is 13.1. The molecule has 0 bridgehead atoms. The third kappa shape index (κ3) is 2.59. The predicted octanol–water partition coefficient (Wildman–Crippen LogP) is 2.12. The molecule has 0 aliphatic carbocycles. The van der Waals surface area contributed by atoms with Gasteiger partial charge in [-0.25, -0.2) is 0 Å². The van der Waals surface area contributed by atoms with Crippen LogP contribution in [-0.2, 0) is 14.3 Å². The Labute approximate surface area is 89.0 Å². The molecule has 0 spiro atoms. The Morgan fingerprint density at radius 3 is 2.25 bits per heavy atom. The number of ketones is 1. The highest BCUT2D eigenvalue weighted by Gasteiger charge is 2.72. The van der Waals surface area contributed by atoms with Crippen molar-refractivity contribution in [1.82, 2.24) is 0 Å². The Morgan fingerprint density at radius 1 is 1.38 bits per heavy atom. The van der Waals surface area contributed by atoms with Gasteiger partial charge in [-0.05, 0) is 12.5 Å². The zero-order valence-electron chi connectivity index (χ0n) is 8.44. The number of halogens is 4. The zero-order valence-corrected chi connectivity index (χ0v) is 8.44. The van der Waals surface area contributed by atoms with Crippen molar-refractivity contribution in [2.75, 3.05) is 6.61 Å². The Morgan fingerprint density at radius 2 is 1.88 bits per heavy atom. The molecular formula is C9H10F4O3. The fraction of sp³-hybridized carbons (Fsp3) is 0.667. The Balaban J connectivity index is 2.38. The van der Waals surface area contributed by atoms with Crippen molar-refractivity contribution in [3.63, 3.8) is 0 Å². The summed E-state index contributed by atoms with van der Waals surface area (Å²) in [6.07, 6.45) is -10.9. The summed E-state index contributed by atoms with van der Waals surface area (Å²) in [4.78, 5) is 11.0. The van der Waals surface area contributed by atoms with E-state index >= 15 is 0 Å². The normalized spacial score (nSPS) is 22.6. The van der Waals surface area contributed by atoms with Gasteiger partial charge >= 0.3 is 12.2 Å². The van der Waals surface area contributed by atoms with Crippen molar-refractivity contribution in [3.8, 4) is 0 Å². The SMILES string of the molecule is C=C(C)C(=O)CCOC1C(F)(F)OC1(F)F. The number of allylic oxidation sites excluding steroid dienone is 1. The van der Waals surface area contributed by atoms with Crippen LogP contribution in [0.5, 0.6) is 0 Å². The van der Waals surface area contributed by atoms with Gasteiger partial charge in [0.05, 0.1) is 6.61 Å². The lowest BCUT2D eigenvalue weighted by molar-refractivity contribution is -0.530. The van der Waals surface area contributed by atoms with E-state index in [9.17, 15) is 22.4 Å². The average Bonchev–Trinajstić information content (AvgIpc) is 2.09. The standard InChI is InChI=1S/C9H10F4O3/c1-5(2)6(14)3-4-15-7-8(10,11)16-9(7,12)13/h7H,1,3-4H2,2H3. The van der Waals surface area contributed by atoms with E-state index in [0.29, 0.717) is 0 Å². The lowest BCUT2D eigenvalue weighted by Crippen LogP contribution is -2.65. The topological polar surface area (TPSA) is 35.5 Å². The highest BCUT2D eigenvalue weighted by molar-refractivity contribution is 5.94. The van der Waals surface area contributed by atoms with E-state index in [-0.39, 0.29) is 12.0 Å². The molecule has 1 aliphatic heterocycles. The number of ether oxygens (including phenoxy) is 2. The summed E-state index contributed by atoms with van der Waals surface area (Å²) in [5.74, 6) is -0.424. The van der Waals surface area contributed by atoms with Crippen LogP contribution in [0.2, 0.25) is 0 Å². The second-order valence-corrected chi connectivity index (χ2v) is 3.43. The van der Waals surface area contributed by atoms with Gasteiger partial charge in [-0.3, -0.25) is 9.53 Å². The van der Waals surface area contributed by atoms with E-state index in [0.717, 1.165) is 0 Å². The fourth-order valence-corrected chi connectivity index (χ4v) is 1.10. The number of Topliss-reactive ketones (excluding diaryl/α,β-unsaturated/α-hetero) is 1. The van der Waals surface area contributed by atoms with Gasteiger partial charge in [-0.2, -0.15) is 17.6 Å². The fourth-order valence-electron chi connectivity index (χ4n) is 1.10. The molecule has 0 amide bonds. The Bertz CT molecular complexity index is 300. The molecule has 1 aliphatic rings. The second kappa shape index (κ2) is 4.14. The maximum atomic E-state index is 12.5. The summed E-state index contributed by atoms with van der Waals surface area (Å²) in [5.41, 5.74) is 0.215. The molecule has 0 saturated carbocycles. The highest BCUT2D eigenvalue weighted by atomic mass is 19.3. The number of carbonyl (C=O) groups is 1. The molecule has 0 N–H and O–H groups in total. The first-order valence-corrected chi connectivity index (χ1v) is 4.43. The summed E-state index contributed by atoms with van der Waals surface area (Å²) in [6.45, 7) is 4.22. The van der Waals surface area contributed by atoms with Crippen LogP contribution in [0.25, 0.3) is 0 Å². The summed E-state index contributed by atoms with van der Waals surface area (Å²) in [6, 6.07) is 0. The summed E-state index contributed by atoms with van der Waals surface area (Å²) >= 11 is 0. The van der Waals surface area contributed by atoms with Crippen LogP contribution >= 0.6 is 0 Å². The van der Waals surface area contributed by atoms with E-state index in [1.807, 2.05) is 0 Å². The lowest BCUT2D eigenvalue weighted by Gasteiger charge is -2.41. The first-order chi connectivity index (χ1) is 7.17. The molecule has 0 radical (unpaired) electrons. The molecule has 0 aromatic heterocycles. The molecule has 0 unspecified atom stereocenters. The van der Waals surface area contributed by atoms with Gasteiger partial charge in [0.25, 0.3) is 0 Å². The van der Waals surface area contributed by atoms with Gasteiger partial charge < -0.3 is 4.74 Å². The molecule has 0 aromatic carbocycles. The van der Waals surface area contributed by atoms with Crippen molar-refractivity contribution in [2.45, 2.75) is 31.7 Å². The zero-order chi connectivity index (χ0) is 12.6. The number of hydrogen-bond donors (Lipinski definition) is 0. The molecular weight excluding hydrogens is 232 g/mol. The molecule has 92 valence electrons. The largest absolute Gasteiger partial charge is 0.395 e. The summed E-state index contributed by atoms with van der Waals surface area (Å²) < 4.78 is 57.1. The third-order valence-corrected chi connectivity index (χ3v) is 1.97. The van der Waals surface area contributed by atoms with Gasteiger partial charge in [-0.15, -0.1) is 0 Å².